The Hall–Kier alpha value is -3.42. The van der Waals surface area contributed by atoms with Gasteiger partial charge in [-0.05, 0) is 43.5 Å². The number of guanidine groups is 1. The molecule has 0 radical (unpaired) electrons. The molecule has 1 amide bonds. The summed E-state index contributed by atoms with van der Waals surface area (Å²) in [6, 6.07) is 4.08. The van der Waals surface area contributed by atoms with Crippen molar-refractivity contribution in [1.82, 2.24) is 4.90 Å². The average molecular weight is 434 g/mol. The SMILES string of the molecule is NCCC[C@H](C(N)=O)N(CCc1ccc(OC(=O)C(F)(F)F)cc1)C(N)=N[N+](=O)[O-]. The van der Waals surface area contributed by atoms with Crippen LogP contribution in [-0.2, 0) is 16.0 Å². The van der Waals surface area contributed by atoms with Crippen molar-refractivity contribution in [3.05, 3.63) is 39.9 Å². The molecule has 0 saturated heterocycles. The smallest absolute Gasteiger partial charge is 0.420 e. The van der Waals surface area contributed by atoms with Gasteiger partial charge in [0.05, 0.1) is 0 Å². The van der Waals surface area contributed by atoms with Crippen LogP contribution in [0, 0.1) is 10.1 Å². The van der Waals surface area contributed by atoms with E-state index in [1.807, 2.05) is 0 Å². The maximum atomic E-state index is 12.2. The number of alkyl halides is 3. The minimum Gasteiger partial charge on any atom is -0.420 e. The standard InChI is InChI=1S/C16H21F3N6O5/c17-16(18,19)14(27)30-11-5-3-10(4-6-11)7-9-24(15(22)23-25(28)29)12(13(21)26)2-1-8-20/h3-6,12H,1-2,7-9,20H2,(H2,21,26)(H2,22,23)/t12-/m1/s1. The van der Waals surface area contributed by atoms with Crippen LogP contribution in [0.1, 0.15) is 18.4 Å². The van der Waals surface area contributed by atoms with Gasteiger partial charge in [-0.3, -0.25) is 4.79 Å². The fourth-order valence-corrected chi connectivity index (χ4v) is 2.47. The zero-order valence-electron chi connectivity index (χ0n) is 15.7. The normalized spacial score (nSPS) is 12.9. The van der Waals surface area contributed by atoms with Crippen LogP contribution in [0.25, 0.3) is 0 Å². The highest BCUT2D eigenvalue weighted by Gasteiger charge is 2.41. The Kier molecular flexibility index (Phi) is 8.98. The van der Waals surface area contributed by atoms with Gasteiger partial charge in [0.1, 0.15) is 16.9 Å². The third-order valence-corrected chi connectivity index (χ3v) is 3.87. The van der Waals surface area contributed by atoms with E-state index < -0.39 is 35.1 Å². The van der Waals surface area contributed by atoms with Crippen LogP contribution in [0.2, 0.25) is 0 Å². The summed E-state index contributed by atoms with van der Waals surface area (Å²) in [6.45, 7) is 0.241. The largest absolute Gasteiger partial charge is 0.491 e. The highest BCUT2D eigenvalue weighted by Crippen LogP contribution is 2.20. The van der Waals surface area contributed by atoms with Crippen LogP contribution in [0.4, 0.5) is 13.2 Å². The Labute approximate surface area is 168 Å². The summed E-state index contributed by atoms with van der Waals surface area (Å²) >= 11 is 0. The number of esters is 1. The summed E-state index contributed by atoms with van der Waals surface area (Å²) in [5.41, 5.74) is 17.0. The van der Waals surface area contributed by atoms with Gasteiger partial charge in [-0.2, -0.15) is 13.2 Å². The minimum absolute atomic E-state index is 0.0109. The third kappa shape index (κ3) is 7.90. The first kappa shape index (κ1) is 24.6. The van der Waals surface area contributed by atoms with Crippen molar-refractivity contribution in [2.45, 2.75) is 31.5 Å². The van der Waals surface area contributed by atoms with Gasteiger partial charge in [0.15, 0.2) is 5.03 Å². The molecule has 1 atom stereocenters. The molecule has 1 aromatic rings. The van der Waals surface area contributed by atoms with E-state index in [0.717, 1.165) is 12.1 Å². The highest BCUT2D eigenvalue weighted by atomic mass is 19.4. The van der Waals surface area contributed by atoms with Crippen molar-refractivity contribution in [1.29, 1.82) is 0 Å². The van der Waals surface area contributed by atoms with E-state index >= 15 is 0 Å². The number of carbonyl (C=O) groups excluding carboxylic acids is 2. The average Bonchev–Trinajstić information content (AvgIpc) is 2.63. The number of primary amides is 1. The Bertz CT molecular complexity index is 785. The first-order valence-corrected chi connectivity index (χ1v) is 8.58. The van der Waals surface area contributed by atoms with Gasteiger partial charge in [0.2, 0.25) is 5.91 Å². The number of nitrogens with zero attached hydrogens (tertiary/aromatic N) is 3. The van der Waals surface area contributed by atoms with Crippen LogP contribution < -0.4 is 21.9 Å². The van der Waals surface area contributed by atoms with Crippen molar-refractivity contribution < 1.29 is 32.5 Å². The molecule has 30 heavy (non-hydrogen) atoms. The molecule has 0 bridgehead atoms. The van der Waals surface area contributed by atoms with E-state index in [4.69, 9.17) is 17.2 Å². The van der Waals surface area contributed by atoms with Crippen molar-refractivity contribution in [3.63, 3.8) is 0 Å². The Balaban J connectivity index is 2.93. The molecule has 0 aromatic heterocycles. The molecule has 0 unspecified atom stereocenters. The van der Waals surface area contributed by atoms with Crippen molar-refractivity contribution in [2.75, 3.05) is 13.1 Å². The van der Waals surface area contributed by atoms with Gasteiger partial charge < -0.3 is 26.8 Å². The molecule has 166 valence electrons. The number of hydrogen-bond donors (Lipinski definition) is 3. The minimum atomic E-state index is -5.12. The van der Waals surface area contributed by atoms with Gasteiger partial charge >= 0.3 is 12.1 Å². The number of nitrogens with two attached hydrogens (primary N) is 3. The fourth-order valence-electron chi connectivity index (χ4n) is 2.47. The lowest BCUT2D eigenvalue weighted by molar-refractivity contribution is -0.485. The molecule has 0 aliphatic carbocycles. The van der Waals surface area contributed by atoms with E-state index in [2.05, 4.69) is 9.84 Å². The molecule has 0 saturated carbocycles. The van der Waals surface area contributed by atoms with E-state index in [1.165, 1.54) is 17.0 Å². The Morgan fingerprint density at radius 2 is 1.83 bits per heavy atom. The van der Waals surface area contributed by atoms with Crippen LogP contribution in [0.5, 0.6) is 5.75 Å². The van der Waals surface area contributed by atoms with Gasteiger partial charge in [0.25, 0.3) is 5.96 Å². The van der Waals surface area contributed by atoms with Crippen molar-refractivity contribution >= 4 is 17.8 Å². The number of carbonyl (C=O) groups is 2. The molecule has 0 aliphatic rings. The summed E-state index contributed by atoms with van der Waals surface area (Å²) in [6.07, 6.45) is -4.37. The van der Waals surface area contributed by atoms with Crippen LogP contribution >= 0.6 is 0 Å². The number of amides is 1. The molecule has 1 aromatic carbocycles. The summed E-state index contributed by atoms with van der Waals surface area (Å²) in [5.74, 6) is -3.98. The second-order valence-corrected chi connectivity index (χ2v) is 6.02. The lowest BCUT2D eigenvalue weighted by atomic mass is 10.1. The first-order chi connectivity index (χ1) is 14.0. The number of rotatable bonds is 10. The topological polar surface area (TPSA) is 180 Å². The van der Waals surface area contributed by atoms with Gasteiger partial charge in [-0.15, -0.1) is 0 Å². The fraction of sp³-hybridized carbons (Fsp3) is 0.438. The summed E-state index contributed by atoms with van der Waals surface area (Å²) in [7, 11) is 0. The van der Waals surface area contributed by atoms with E-state index in [-0.39, 0.29) is 31.7 Å². The predicted octanol–water partition coefficient (Wildman–Crippen LogP) is 0.0980. The monoisotopic (exact) mass is 434 g/mol. The number of hydrogen-bond acceptors (Lipinski definition) is 6. The van der Waals surface area contributed by atoms with Gasteiger partial charge in [-0.1, -0.05) is 12.1 Å². The van der Waals surface area contributed by atoms with Crippen LogP contribution in [0.3, 0.4) is 0 Å². The zero-order valence-corrected chi connectivity index (χ0v) is 15.7. The predicted molar refractivity (Wildman–Crippen MR) is 98.4 cm³/mol. The Morgan fingerprint density at radius 3 is 2.30 bits per heavy atom. The number of benzene rings is 1. The van der Waals surface area contributed by atoms with Crippen molar-refractivity contribution in [3.8, 4) is 5.75 Å². The molecule has 0 fully saturated rings. The third-order valence-electron chi connectivity index (χ3n) is 3.87. The van der Waals surface area contributed by atoms with Crippen molar-refractivity contribution in [2.24, 2.45) is 22.3 Å². The summed E-state index contributed by atoms with van der Waals surface area (Å²) in [4.78, 5) is 34.4. The maximum Gasteiger partial charge on any atom is 0.491 e. The molecular weight excluding hydrogens is 413 g/mol. The molecule has 1 rings (SSSR count). The first-order valence-electron chi connectivity index (χ1n) is 8.58. The van der Waals surface area contributed by atoms with E-state index in [1.54, 1.807) is 0 Å². The molecule has 11 nitrogen and oxygen atoms in total. The highest BCUT2D eigenvalue weighted by molar-refractivity contribution is 5.87. The second kappa shape index (κ2) is 10.9. The van der Waals surface area contributed by atoms with E-state index in [9.17, 15) is 32.9 Å². The van der Waals surface area contributed by atoms with Crippen LogP contribution in [-0.4, -0.2) is 53.1 Å². The lowest BCUT2D eigenvalue weighted by Crippen LogP contribution is -2.52. The number of nitro groups is 1. The van der Waals surface area contributed by atoms with Gasteiger partial charge in [0, 0.05) is 6.54 Å². The second-order valence-electron chi connectivity index (χ2n) is 6.02. The summed E-state index contributed by atoms with van der Waals surface area (Å²) < 4.78 is 40.9. The number of halogens is 3. The molecule has 0 spiro atoms. The molecule has 6 N–H and O–H groups in total. The Morgan fingerprint density at radius 1 is 1.23 bits per heavy atom. The van der Waals surface area contributed by atoms with Crippen LogP contribution in [0.15, 0.2) is 29.4 Å². The number of ether oxygens (including phenoxy) is 1. The molecule has 0 aliphatic heterocycles. The zero-order chi connectivity index (χ0) is 22.9. The van der Waals surface area contributed by atoms with E-state index in [0.29, 0.717) is 12.0 Å². The number of hydrazone groups is 1. The summed E-state index contributed by atoms with van der Waals surface area (Å²) in [5, 5.41) is 12.6. The molecular formula is C16H21F3N6O5. The lowest BCUT2D eigenvalue weighted by Gasteiger charge is -2.29. The molecule has 0 heterocycles. The quantitative estimate of drug-likeness (QED) is 0.116. The van der Waals surface area contributed by atoms with Gasteiger partial charge in [-0.25, -0.2) is 14.9 Å². The maximum absolute atomic E-state index is 12.2. The molecule has 14 heteroatoms.